The first-order valence-corrected chi connectivity index (χ1v) is 8.35. The molecule has 2 heteroatoms. The molecule has 0 heterocycles. The van der Waals surface area contributed by atoms with Crippen LogP contribution in [0.15, 0.2) is 30.3 Å². The molecule has 1 N–H and O–H groups in total. The zero-order valence-corrected chi connectivity index (χ0v) is 12.3. The lowest BCUT2D eigenvalue weighted by molar-refractivity contribution is 0.348. The van der Waals surface area contributed by atoms with E-state index >= 15 is 0 Å². The van der Waals surface area contributed by atoms with Crippen molar-refractivity contribution >= 4 is 11.8 Å². The molecule has 1 saturated carbocycles. The molecule has 0 aromatic heterocycles. The Kier molecular flexibility index (Phi) is 6.33. The van der Waals surface area contributed by atoms with Crippen molar-refractivity contribution in [3.05, 3.63) is 35.9 Å². The summed E-state index contributed by atoms with van der Waals surface area (Å²) in [5.41, 5.74) is 1.52. The minimum absolute atomic E-state index is 0.714. The van der Waals surface area contributed by atoms with Gasteiger partial charge in [-0.25, -0.2) is 0 Å². The van der Waals surface area contributed by atoms with Crippen LogP contribution in [0.1, 0.15) is 37.2 Å². The molecule has 1 aliphatic rings. The van der Waals surface area contributed by atoms with Crippen molar-refractivity contribution in [3.63, 3.8) is 0 Å². The smallest absolute Gasteiger partial charge is 0.0545 e. The number of rotatable bonds is 6. The molecule has 1 aliphatic carbocycles. The van der Waals surface area contributed by atoms with Gasteiger partial charge in [0.1, 0.15) is 0 Å². The zero-order valence-electron chi connectivity index (χ0n) is 11.5. The van der Waals surface area contributed by atoms with Gasteiger partial charge in [-0.15, -0.1) is 18.2 Å². The maximum atomic E-state index is 5.23. The van der Waals surface area contributed by atoms with Gasteiger partial charge in [0.2, 0.25) is 0 Å². The molecule has 0 radical (unpaired) electrons. The van der Waals surface area contributed by atoms with Gasteiger partial charge < -0.3 is 5.32 Å². The van der Waals surface area contributed by atoms with Gasteiger partial charge in [-0.1, -0.05) is 36.3 Å². The third-order valence-corrected chi connectivity index (χ3v) is 4.73. The van der Waals surface area contributed by atoms with Gasteiger partial charge in [-0.2, -0.15) is 0 Å². The van der Waals surface area contributed by atoms with Gasteiger partial charge in [0, 0.05) is 18.3 Å². The van der Waals surface area contributed by atoms with Crippen LogP contribution >= 0.6 is 11.8 Å². The van der Waals surface area contributed by atoms with E-state index in [4.69, 9.17) is 6.42 Å². The van der Waals surface area contributed by atoms with Crippen molar-refractivity contribution in [1.82, 2.24) is 5.32 Å². The molecule has 0 amide bonds. The van der Waals surface area contributed by atoms with Crippen molar-refractivity contribution in [2.75, 3.05) is 18.1 Å². The van der Waals surface area contributed by atoms with Crippen LogP contribution in [0.2, 0.25) is 0 Å². The van der Waals surface area contributed by atoms with Crippen molar-refractivity contribution < 1.29 is 0 Å². The average molecular weight is 273 g/mol. The quantitative estimate of drug-likeness (QED) is 0.627. The number of nitrogens with one attached hydrogen (secondary N) is 1. The van der Waals surface area contributed by atoms with Gasteiger partial charge in [-0.05, 0) is 37.2 Å². The van der Waals surface area contributed by atoms with Gasteiger partial charge in [0.25, 0.3) is 0 Å². The molecule has 0 unspecified atom stereocenters. The molecule has 102 valence electrons. The molecule has 0 bridgehead atoms. The topological polar surface area (TPSA) is 12.0 Å². The second kappa shape index (κ2) is 8.30. The van der Waals surface area contributed by atoms with Crippen LogP contribution in [-0.4, -0.2) is 24.1 Å². The molecule has 0 saturated heterocycles. The summed E-state index contributed by atoms with van der Waals surface area (Å²) in [5, 5.41) is 3.66. The summed E-state index contributed by atoms with van der Waals surface area (Å²) < 4.78 is 0. The fourth-order valence-electron chi connectivity index (χ4n) is 2.82. The predicted molar refractivity (Wildman–Crippen MR) is 85.6 cm³/mol. The third kappa shape index (κ3) is 4.93. The Labute approximate surface area is 121 Å². The first kappa shape index (κ1) is 14.5. The van der Waals surface area contributed by atoms with E-state index in [1.165, 1.54) is 31.2 Å². The number of terminal acetylenes is 1. The second-order valence-electron chi connectivity index (χ2n) is 5.17. The first-order valence-electron chi connectivity index (χ1n) is 7.19. The molecule has 0 spiro atoms. The van der Waals surface area contributed by atoms with E-state index < -0.39 is 0 Å². The van der Waals surface area contributed by atoms with Crippen molar-refractivity contribution in [1.29, 1.82) is 0 Å². The molecule has 1 aromatic rings. The SMILES string of the molecule is C#CCSCCNC1CCC(c2ccccc2)CC1. The average Bonchev–Trinajstić information content (AvgIpc) is 2.49. The van der Waals surface area contributed by atoms with E-state index in [1.54, 1.807) is 0 Å². The maximum absolute atomic E-state index is 5.23. The van der Waals surface area contributed by atoms with E-state index in [9.17, 15) is 0 Å². The Hall–Kier alpha value is -0.910. The summed E-state index contributed by atoms with van der Waals surface area (Å²) in [6.07, 6.45) is 10.5. The van der Waals surface area contributed by atoms with E-state index in [2.05, 4.69) is 41.6 Å². The highest BCUT2D eigenvalue weighted by molar-refractivity contribution is 7.99. The van der Waals surface area contributed by atoms with Gasteiger partial charge in [-0.3, -0.25) is 0 Å². The molecule has 0 atom stereocenters. The summed E-state index contributed by atoms with van der Waals surface area (Å²) in [7, 11) is 0. The molecule has 0 aliphatic heterocycles. The Morgan fingerprint density at radius 1 is 1.16 bits per heavy atom. The normalized spacial score (nSPS) is 22.9. The number of benzene rings is 1. The maximum Gasteiger partial charge on any atom is 0.0545 e. The van der Waals surface area contributed by atoms with Crippen LogP contribution in [0, 0.1) is 12.3 Å². The minimum Gasteiger partial charge on any atom is -0.313 e. The molecule has 2 rings (SSSR count). The molecule has 1 nitrogen and oxygen atoms in total. The Morgan fingerprint density at radius 2 is 1.89 bits per heavy atom. The molecule has 1 aromatic carbocycles. The lowest BCUT2D eigenvalue weighted by Gasteiger charge is -2.29. The van der Waals surface area contributed by atoms with Crippen LogP contribution in [0.5, 0.6) is 0 Å². The van der Waals surface area contributed by atoms with Crippen molar-refractivity contribution in [3.8, 4) is 12.3 Å². The molecular weight excluding hydrogens is 250 g/mol. The van der Waals surface area contributed by atoms with E-state index in [-0.39, 0.29) is 0 Å². The number of hydrogen-bond donors (Lipinski definition) is 1. The highest BCUT2D eigenvalue weighted by atomic mass is 32.2. The first-order chi connectivity index (χ1) is 9.40. The van der Waals surface area contributed by atoms with Crippen LogP contribution in [0.3, 0.4) is 0 Å². The lowest BCUT2D eigenvalue weighted by atomic mass is 9.82. The summed E-state index contributed by atoms with van der Waals surface area (Å²) in [5.74, 6) is 5.40. The van der Waals surface area contributed by atoms with Gasteiger partial charge in [0.15, 0.2) is 0 Å². The van der Waals surface area contributed by atoms with Crippen LogP contribution in [-0.2, 0) is 0 Å². The van der Waals surface area contributed by atoms with Crippen LogP contribution < -0.4 is 5.32 Å². The molecule has 19 heavy (non-hydrogen) atoms. The Balaban J connectivity index is 1.64. The summed E-state index contributed by atoms with van der Waals surface area (Å²) >= 11 is 1.84. The third-order valence-electron chi connectivity index (χ3n) is 3.86. The van der Waals surface area contributed by atoms with Crippen LogP contribution in [0.25, 0.3) is 0 Å². The second-order valence-corrected chi connectivity index (χ2v) is 6.28. The lowest BCUT2D eigenvalue weighted by Crippen LogP contribution is -2.34. The number of hydrogen-bond acceptors (Lipinski definition) is 2. The van der Waals surface area contributed by atoms with Crippen LogP contribution in [0.4, 0.5) is 0 Å². The van der Waals surface area contributed by atoms with Crippen molar-refractivity contribution in [2.45, 2.75) is 37.6 Å². The highest BCUT2D eigenvalue weighted by Crippen LogP contribution is 2.32. The van der Waals surface area contributed by atoms with Gasteiger partial charge in [0.05, 0.1) is 5.75 Å². The number of thioether (sulfide) groups is 1. The monoisotopic (exact) mass is 273 g/mol. The molecule has 1 fully saturated rings. The fourth-order valence-corrected chi connectivity index (χ4v) is 3.35. The van der Waals surface area contributed by atoms with E-state index in [0.29, 0.717) is 6.04 Å². The largest absolute Gasteiger partial charge is 0.313 e. The Bertz CT molecular complexity index is 387. The van der Waals surface area contributed by atoms with E-state index in [0.717, 1.165) is 24.0 Å². The predicted octanol–water partition coefficient (Wildman–Crippen LogP) is 3.67. The standard InChI is InChI=1S/C17H23NS/c1-2-13-19-14-12-18-17-10-8-16(9-11-17)15-6-4-3-5-7-15/h1,3-7,16-18H,8-14H2. The van der Waals surface area contributed by atoms with E-state index in [1.807, 2.05) is 11.8 Å². The summed E-state index contributed by atoms with van der Waals surface area (Å²) in [4.78, 5) is 0. The summed E-state index contributed by atoms with van der Waals surface area (Å²) in [6.45, 7) is 1.09. The fraction of sp³-hybridized carbons (Fsp3) is 0.529. The highest BCUT2D eigenvalue weighted by Gasteiger charge is 2.21. The zero-order chi connectivity index (χ0) is 13.3. The molecular formula is C17H23NS. The van der Waals surface area contributed by atoms with Crippen molar-refractivity contribution in [2.24, 2.45) is 0 Å². The Morgan fingerprint density at radius 3 is 2.58 bits per heavy atom. The van der Waals surface area contributed by atoms with Gasteiger partial charge >= 0.3 is 0 Å². The summed E-state index contributed by atoms with van der Waals surface area (Å²) in [6, 6.07) is 11.7. The minimum atomic E-state index is 0.714.